The maximum Gasteiger partial charge on any atom is 0.252 e. The highest BCUT2D eigenvalue weighted by molar-refractivity contribution is 6.34. The van der Waals surface area contributed by atoms with E-state index in [0.29, 0.717) is 35.8 Å². The third-order valence-electron chi connectivity index (χ3n) is 5.94. The summed E-state index contributed by atoms with van der Waals surface area (Å²) in [7, 11) is 0. The van der Waals surface area contributed by atoms with E-state index >= 15 is 0 Å². The Morgan fingerprint density at radius 2 is 1.82 bits per heavy atom. The molecule has 6 nitrogen and oxygen atoms in total. The highest BCUT2D eigenvalue weighted by atomic mass is 35.5. The van der Waals surface area contributed by atoms with Gasteiger partial charge in [0.25, 0.3) is 5.91 Å². The van der Waals surface area contributed by atoms with Gasteiger partial charge in [-0.1, -0.05) is 61.2 Å². The summed E-state index contributed by atoms with van der Waals surface area (Å²) in [6.07, 6.45) is 6.04. The Labute approximate surface area is 203 Å². The number of anilines is 2. The van der Waals surface area contributed by atoms with Crippen molar-refractivity contribution in [1.29, 1.82) is 0 Å². The zero-order valence-corrected chi connectivity index (χ0v) is 19.7. The molecule has 0 bridgehead atoms. The van der Waals surface area contributed by atoms with Gasteiger partial charge in [0, 0.05) is 25.0 Å². The van der Waals surface area contributed by atoms with Crippen molar-refractivity contribution in [1.82, 2.24) is 15.3 Å². The van der Waals surface area contributed by atoms with Crippen molar-refractivity contribution >= 4 is 40.6 Å². The van der Waals surface area contributed by atoms with Gasteiger partial charge in [-0.2, -0.15) is 0 Å². The number of aliphatic hydroxyl groups is 1. The first-order chi connectivity index (χ1) is 15.9. The Hall–Kier alpha value is -2.67. The molecule has 0 atom stereocenters. The highest BCUT2D eigenvalue weighted by Gasteiger charge is 2.30. The van der Waals surface area contributed by atoms with Crippen molar-refractivity contribution in [2.45, 2.75) is 44.2 Å². The molecule has 0 radical (unpaired) electrons. The molecule has 8 heteroatoms. The second-order valence-corrected chi connectivity index (χ2v) is 9.13. The molecule has 1 amide bonds. The third-order valence-corrected chi connectivity index (χ3v) is 6.45. The molecule has 33 heavy (non-hydrogen) atoms. The van der Waals surface area contributed by atoms with Gasteiger partial charge in [-0.25, -0.2) is 9.97 Å². The van der Waals surface area contributed by atoms with Crippen molar-refractivity contribution in [2.24, 2.45) is 0 Å². The number of rotatable bonds is 7. The average molecular weight is 485 g/mol. The van der Waals surface area contributed by atoms with Crippen molar-refractivity contribution in [3.8, 4) is 0 Å². The number of hydrogen-bond acceptors (Lipinski definition) is 5. The Morgan fingerprint density at radius 3 is 2.55 bits per heavy atom. The Bertz CT molecular complexity index is 1100. The second-order valence-electron chi connectivity index (χ2n) is 8.39. The fourth-order valence-electron chi connectivity index (χ4n) is 4.13. The molecule has 172 valence electrons. The van der Waals surface area contributed by atoms with Crippen molar-refractivity contribution in [3.05, 3.63) is 82.2 Å². The molecule has 2 N–H and O–H groups in total. The number of aromatic nitrogens is 2. The zero-order valence-electron chi connectivity index (χ0n) is 18.2. The molecule has 1 fully saturated rings. The van der Waals surface area contributed by atoms with Crippen LogP contribution in [0.15, 0.2) is 60.8 Å². The molecule has 0 unspecified atom stereocenters. The van der Waals surface area contributed by atoms with Crippen LogP contribution in [0, 0.1) is 0 Å². The van der Waals surface area contributed by atoms with Crippen LogP contribution in [-0.4, -0.2) is 33.1 Å². The van der Waals surface area contributed by atoms with Gasteiger partial charge in [0.1, 0.15) is 5.82 Å². The molecule has 1 aliphatic rings. The van der Waals surface area contributed by atoms with Gasteiger partial charge >= 0.3 is 0 Å². The summed E-state index contributed by atoms with van der Waals surface area (Å²) >= 11 is 12.5. The number of nitrogens with zero attached hydrogens (tertiary/aromatic N) is 3. The number of hydrogen-bond donors (Lipinski definition) is 2. The molecule has 2 aromatic carbocycles. The van der Waals surface area contributed by atoms with Crippen LogP contribution in [0.5, 0.6) is 0 Å². The quantitative estimate of drug-likeness (QED) is 0.430. The van der Waals surface area contributed by atoms with Crippen molar-refractivity contribution in [3.63, 3.8) is 0 Å². The Morgan fingerprint density at radius 1 is 1.06 bits per heavy atom. The average Bonchev–Trinajstić information content (AvgIpc) is 2.83. The SMILES string of the molecule is O=C(NCC1(O)CCCCC1)c1cc(N(Cc2ccccc2)c2ccnc(Cl)n2)ccc1Cl. The number of nitrogens with one attached hydrogen (secondary N) is 1. The molecule has 0 aliphatic heterocycles. The van der Waals surface area contributed by atoms with Gasteiger partial charge in [-0.15, -0.1) is 0 Å². The molecule has 1 aromatic heterocycles. The van der Waals surface area contributed by atoms with E-state index in [0.717, 1.165) is 30.5 Å². The lowest BCUT2D eigenvalue weighted by molar-refractivity contribution is 0.00526. The third kappa shape index (κ3) is 6.02. The molecule has 1 saturated carbocycles. The first kappa shape index (κ1) is 23.5. The highest BCUT2D eigenvalue weighted by Crippen LogP contribution is 2.31. The fraction of sp³-hybridized carbons (Fsp3) is 0.320. The predicted octanol–water partition coefficient (Wildman–Crippen LogP) is 5.55. The zero-order chi connectivity index (χ0) is 23.3. The van der Waals surface area contributed by atoms with E-state index in [2.05, 4.69) is 15.3 Å². The van der Waals surface area contributed by atoms with Gasteiger partial charge in [-0.05, 0) is 54.3 Å². The molecule has 0 saturated heterocycles. The van der Waals surface area contributed by atoms with Crippen LogP contribution in [0.2, 0.25) is 10.3 Å². The van der Waals surface area contributed by atoms with Gasteiger partial charge < -0.3 is 15.3 Å². The summed E-state index contributed by atoms with van der Waals surface area (Å²) in [5.74, 6) is 0.283. The van der Waals surface area contributed by atoms with Gasteiger partial charge in [0.05, 0.1) is 16.2 Å². The van der Waals surface area contributed by atoms with Gasteiger partial charge in [0.2, 0.25) is 5.28 Å². The van der Waals surface area contributed by atoms with E-state index < -0.39 is 5.60 Å². The van der Waals surface area contributed by atoms with E-state index in [9.17, 15) is 9.90 Å². The number of amides is 1. The smallest absolute Gasteiger partial charge is 0.252 e. The van der Waals surface area contributed by atoms with Crippen molar-refractivity contribution in [2.75, 3.05) is 11.4 Å². The van der Waals surface area contributed by atoms with Crippen LogP contribution in [0.3, 0.4) is 0 Å². The number of benzene rings is 2. The van der Waals surface area contributed by atoms with Crippen LogP contribution in [-0.2, 0) is 6.54 Å². The van der Waals surface area contributed by atoms with Gasteiger partial charge in [-0.3, -0.25) is 4.79 Å². The summed E-state index contributed by atoms with van der Waals surface area (Å²) in [4.78, 5) is 23.3. The number of carbonyl (C=O) groups is 1. The lowest BCUT2D eigenvalue weighted by Gasteiger charge is -2.32. The molecule has 4 rings (SSSR count). The first-order valence-electron chi connectivity index (χ1n) is 11.0. The molecule has 0 spiro atoms. The molecular weight excluding hydrogens is 459 g/mol. The van der Waals surface area contributed by atoms with E-state index in [4.69, 9.17) is 23.2 Å². The summed E-state index contributed by atoms with van der Waals surface area (Å²) in [5, 5.41) is 14.1. The van der Waals surface area contributed by atoms with Crippen LogP contribution in [0.1, 0.15) is 48.0 Å². The second kappa shape index (κ2) is 10.5. The van der Waals surface area contributed by atoms with Crippen LogP contribution in [0.4, 0.5) is 11.5 Å². The van der Waals surface area contributed by atoms with E-state index in [1.807, 2.05) is 41.3 Å². The van der Waals surface area contributed by atoms with E-state index in [1.165, 1.54) is 0 Å². The van der Waals surface area contributed by atoms with Crippen LogP contribution >= 0.6 is 23.2 Å². The largest absolute Gasteiger partial charge is 0.388 e. The fourth-order valence-corrected chi connectivity index (χ4v) is 4.48. The number of halogens is 2. The minimum absolute atomic E-state index is 0.137. The first-order valence-corrected chi connectivity index (χ1v) is 11.8. The summed E-state index contributed by atoms with van der Waals surface area (Å²) in [5.41, 5.74) is 1.29. The minimum atomic E-state index is -0.852. The minimum Gasteiger partial charge on any atom is -0.388 e. The predicted molar refractivity (Wildman–Crippen MR) is 131 cm³/mol. The summed E-state index contributed by atoms with van der Waals surface area (Å²) in [6, 6.07) is 17.0. The maximum absolute atomic E-state index is 13.0. The van der Waals surface area contributed by atoms with E-state index in [1.54, 1.807) is 24.4 Å². The monoisotopic (exact) mass is 484 g/mol. The number of carbonyl (C=O) groups excluding carboxylic acids is 1. The van der Waals surface area contributed by atoms with E-state index in [-0.39, 0.29) is 17.7 Å². The topological polar surface area (TPSA) is 78.4 Å². The van der Waals surface area contributed by atoms with Gasteiger partial charge in [0.15, 0.2) is 0 Å². The van der Waals surface area contributed by atoms with Crippen molar-refractivity contribution < 1.29 is 9.90 Å². The molecular formula is C25H26Cl2N4O2. The normalized spacial score (nSPS) is 15.1. The maximum atomic E-state index is 13.0. The molecule has 1 heterocycles. The lowest BCUT2D eigenvalue weighted by Crippen LogP contribution is -2.44. The lowest BCUT2D eigenvalue weighted by atomic mass is 9.85. The van der Waals surface area contributed by atoms with Crippen LogP contribution < -0.4 is 10.2 Å². The van der Waals surface area contributed by atoms with Crippen LogP contribution in [0.25, 0.3) is 0 Å². The Balaban J connectivity index is 1.61. The summed E-state index contributed by atoms with van der Waals surface area (Å²) in [6.45, 7) is 0.720. The standard InChI is InChI=1S/C25H26Cl2N4O2/c26-21-10-9-19(15-20(21)23(32)29-17-25(33)12-5-2-6-13-25)31(16-18-7-3-1-4-8-18)22-11-14-28-24(27)30-22/h1,3-4,7-11,14-15,33H,2,5-6,12-13,16-17H2,(H,29,32). The molecule has 1 aliphatic carbocycles. The molecule has 3 aromatic rings. The summed E-state index contributed by atoms with van der Waals surface area (Å²) < 4.78 is 0. The Kier molecular flexibility index (Phi) is 7.48.